The minimum absolute atomic E-state index is 0.228. The molecule has 11 heteroatoms. The highest BCUT2D eigenvalue weighted by atomic mass is 79.9. The molecule has 0 saturated heterocycles. The number of nitrogens with zero attached hydrogens (tertiary/aromatic N) is 3. The second-order valence-electron chi connectivity index (χ2n) is 9.19. The van der Waals surface area contributed by atoms with Crippen molar-refractivity contribution in [1.82, 2.24) is 9.66 Å². The molecule has 2 heterocycles. The van der Waals surface area contributed by atoms with Gasteiger partial charge in [0.2, 0.25) is 11.6 Å². The third-order valence-electron chi connectivity index (χ3n) is 5.96. The van der Waals surface area contributed by atoms with E-state index in [2.05, 4.69) is 21.0 Å². The van der Waals surface area contributed by atoms with Gasteiger partial charge in [0.05, 0.1) is 37.4 Å². The first-order valence-electron chi connectivity index (χ1n) is 12.6. The van der Waals surface area contributed by atoms with Crippen molar-refractivity contribution in [2.75, 3.05) is 20.8 Å². The topological polar surface area (TPSA) is 114 Å². The Kier molecular flexibility index (Phi) is 8.06. The number of hydrogen-bond donors (Lipinski definition) is 0. The average Bonchev–Trinajstić information content (AvgIpc) is 3.38. The van der Waals surface area contributed by atoms with E-state index < -0.39 is 5.97 Å². The van der Waals surface area contributed by atoms with E-state index in [1.54, 1.807) is 44.2 Å². The number of aromatic nitrogens is 2. The number of para-hydroxylation sites is 1. The molecule has 0 radical (unpaired) electrons. The van der Waals surface area contributed by atoms with Gasteiger partial charge in [-0.15, -0.1) is 0 Å². The first kappa shape index (κ1) is 27.9. The van der Waals surface area contributed by atoms with Crippen LogP contribution in [-0.2, 0) is 9.53 Å². The fourth-order valence-corrected chi connectivity index (χ4v) is 4.56. The number of methoxy groups -OCH3 is 2. The lowest BCUT2D eigenvalue weighted by atomic mass is 10.2. The SMILES string of the molecule is COc1cc(C=Nn2c(-c3cc4cc(Br)ccc4o3)nc3ccccc3c2=O)cc(OC)c1OCC(=O)OC(C)C. The van der Waals surface area contributed by atoms with Crippen molar-refractivity contribution < 1.29 is 28.2 Å². The Morgan fingerprint density at radius 1 is 1.07 bits per heavy atom. The summed E-state index contributed by atoms with van der Waals surface area (Å²) in [6.45, 7) is 3.18. The molecular formula is C30H26BrN3O7. The zero-order chi connectivity index (χ0) is 29.1. The number of carbonyl (C=O) groups excluding carboxylic acids is 1. The molecule has 3 aromatic carbocycles. The molecule has 41 heavy (non-hydrogen) atoms. The van der Waals surface area contributed by atoms with Gasteiger partial charge in [-0.05, 0) is 62.4 Å². The van der Waals surface area contributed by atoms with Gasteiger partial charge in [0.15, 0.2) is 23.9 Å². The summed E-state index contributed by atoms with van der Waals surface area (Å²) in [5.41, 5.74) is 1.33. The predicted molar refractivity (Wildman–Crippen MR) is 158 cm³/mol. The third kappa shape index (κ3) is 5.94. The molecule has 0 atom stereocenters. The van der Waals surface area contributed by atoms with Crippen LogP contribution in [0, 0.1) is 0 Å². The zero-order valence-electron chi connectivity index (χ0n) is 22.7. The van der Waals surface area contributed by atoms with Crippen molar-refractivity contribution in [1.29, 1.82) is 0 Å². The molecule has 0 bridgehead atoms. The smallest absolute Gasteiger partial charge is 0.344 e. The summed E-state index contributed by atoms with van der Waals surface area (Å²) in [6.07, 6.45) is 1.20. The van der Waals surface area contributed by atoms with Crippen LogP contribution in [0.25, 0.3) is 33.5 Å². The Balaban J connectivity index is 1.57. The van der Waals surface area contributed by atoms with E-state index in [4.69, 9.17) is 28.3 Å². The predicted octanol–water partition coefficient (Wildman–Crippen LogP) is 5.80. The number of halogens is 1. The van der Waals surface area contributed by atoms with Gasteiger partial charge in [0, 0.05) is 15.4 Å². The first-order valence-corrected chi connectivity index (χ1v) is 13.4. The van der Waals surface area contributed by atoms with Crippen molar-refractivity contribution in [3.05, 3.63) is 81.1 Å². The van der Waals surface area contributed by atoms with Crippen molar-refractivity contribution in [2.24, 2.45) is 5.10 Å². The Labute approximate surface area is 243 Å². The second-order valence-corrected chi connectivity index (χ2v) is 10.1. The van der Waals surface area contributed by atoms with Crippen LogP contribution in [0.5, 0.6) is 17.2 Å². The van der Waals surface area contributed by atoms with Gasteiger partial charge in [0.25, 0.3) is 5.56 Å². The Morgan fingerprint density at radius 2 is 1.80 bits per heavy atom. The molecule has 0 saturated carbocycles. The van der Waals surface area contributed by atoms with Crippen LogP contribution >= 0.6 is 15.9 Å². The molecule has 0 amide bonds. The Hall–Kier alpha value is -4.64. The molecule has 0 aliphatic rings. The second kappa shape index (κ2) is 11.8. The number of hydrogen-bond acceptors (Lipinski definition) is 9. The average molecular weight is 620 g/mol. The van der Waals surface area contributed by atoms with Crippen molar-refractivity contribution in [2.45, 2.75) is 20.0 Å². The standard InChI is InChI=1S/C30H26BrN3O7/c1-17(2)40-27(35)16-39-28-24(37-3)11-18(12-25(28)38-4)15-32-34-29(33-22-8-6-5-7-21(22)30(34)36)26-14-19-13-20(31)9-10-23(19)41-26/h5-15,17H,16H2,1-4H3. The molecule has 0 fully saturated rings. The van der Waals surface area contributed by atoms with Gasteiger partial charge >= 0.3 is 5.97 Å². The quantitative estimate of drug-likeness (QED) is 0.150. The van der Waals surface area contributed by atoms with E-state index in [-0.39, 0.29) is 29.8 Å². The number of esters is 1. The minimum Gasteiger partial charge on any atom is -0.493 e. The third-order valence-corrected chi connectivity index (χ3v) is 6.45. The zero-order valence-corrected chi connectivity index (χ0v) is 24.3. The molecule has 0 aliphatic carbocycles. The summed E-state index contributed by atoms with van der Waals surface area (Å²) in [7, 11) is 2.93. The number of furan rings is 1. The lowest BCUT2D eigenvalue weighted by molar-refractivity contribution is -0.149. The number of rotatable bonds is 9. The Morgan fingerprint density at radius 3 is 2.51 bits per heavy atom. The van der Waals surface area contributed by atoms with Crippen LogP contribution in [0.4, 0.5) is 0 Å². The van der Waals surface area contributed by atoms with Crippen molar-refractivity contribution in [3.8, 4) is 28.8 Å². The number of carbonyl (C=O) groups is 1. The minimum atomic E-state index is -0.525. The molecule has 0 aliphatic heterocycles. The fourth-order valence-electron chi connectivity index (χ4n) is 4.18. The molecule has 5 rings (SSSR count). The van der Waals surface area contributed by atoms with Crippen LogP contribution in [0.3, 0.4) is 0 Å². The van der Waals surface area contributed by atoms with E-state index in [1.165, 1.54) is 25.1 Å². The molecule has 0 unspecified atom stereocenters. The van der Waals surface area contributed by atoms with Crippen LogP contribution in [0.15, 0.2) is 79.4 Å². The molecule has 0 spiro atoms. The molecule has 210 valence electrons. The van der Waals surface area contributed by atoms with Gasteiger partial charge in [0.1, 0.15) is 5.58 Å². The van der Waals surface area contributed by atoms with Crippen LogP contribution in [0.2, 0.25) is 0 Å². The van der Waals surface area contributed by atoms with Gasteiger partial charge in [-0.25, -0.2) is 9.78 Å². The number of fused-ring (bicyclic) bond motifs is 2. The largest absolute Gasteiger partial charge is 0.493 e. The first-order chi connectivity index (χ1) is 19.8. The highest BCUT2D eigenvalue weighted by Gasteiger charge is 2.19. The summed E-state index contributed by atoms with van der Waals surface area (Å²) in [5, 5.41) is 5.74. The maximum atomic E-state index is 13.6. The van der Waals surface area contributed by atoms with Crippen molar-refractivity contribution >= 4 is 50.0 Å². The summed E-state index contributed by atoms with van der Waals surface area (Å²) in [5.74, 6) is 0.922. The Bertz CT molecular complexity index is 1820. The van der Waals surface area contributed by atoms with E-state index in [0.29, 0.717) is 39.3 Å². The molecule has 2 aromatic heterocycles. The summed E-state index contributed by atoms with van der Waals surface area (Å²) >= 11 is 3.47. The summed E-state index contributed by atoms with van der Waals surface area (Å²) in [4.78, 5) is 30.3. The maximum absolute atomic E-state index is 13.6. The molecule has 0 N–H and O–H groups in total. The monoisotopic (exact) mass is 619 g/mol. The molecular weight excluding hydrogens is 594 g/mol. The van der Waals surface area contributed by atoms with E-state index in [0.717, 1.165) is 9.86 Å². The lowest BCUT2D eigenvalue weighted by Crippen LogP contribution is -2.20. The van der Waals surface area contributed by atoms with Crippen LogP contribution in [0.1, 0.15) is 19.4 Å². The van der Waals surface area contributed by atoms with E-state index in [1.807, 2.05) is 30.3 Å². The van der Waals surface area contributed by atoms with Gasteiger partial charge in [-0.1, -0.05) is 28.1 Å². The van der Waals surface area contributed by atoms with Crippen molar-refractivity contribution in [3.63, 3.8) is 0 Å². The maximum Gasteiger partial charge on any atom is 0.344 e. The van der Waals surface area contributed by atoms with Gasteiger partial charge in [-0.3, -0.25) is 4.79 Å². The highest BCUT2D eigenvalue weighted by Crippen LogP contribution is 2.38. The molecule has 5 aromatic rings. The normalized spacial score (nSPS) is 11.5. The van der Waals surface area contributed by atoms with Gasteiger partial charge in [-0.2, -0.15) is 9.78 Å². The van der Waals surface area contributed by atoms with E-state index in [9.17, 15) is 9.59 Å². The van der Waals surface area contributed by atoms with Crippen LogP contribution < -0.4 is 19.8 Å². The number of benzene rings is 3. The fraction of sp³-hybridized carbons (Fsp3) is 0.200. The summed E-state index contributed by atoms with van der Waals surface area (Å²) < 4.78 is 29.9. The summed E-state index contributed by atoms with van der Waals surface area (Å²) in [6, 6.07) is 17.8. The lowest BCUT2D eigenvalue weighted by Gasteiger charge is -2.15. The number of ether oxygens (including phenoxy) is 4. The highest BCUT2D eigenvalue weighted by molar-refractivity contribution is 9.10. The molecule has 10 nitrogen and oxygen atoms in total. The van der Waals surface area contributed by atoms with E-state index >= 15 is 0 Å². The van der Waals surface area contributed by atoms with Crippen LogP contribution in [-0.4, -0.2) is 48.8 Å². The van der Waals surface area contributed by atoms with Gasteiger partial charge < -0.3 is 23.4 Å².